The molecule has 1 aliphatic heterocycles. The fourth-order valence-corrected chi connectivity index (χ4v) is 2.14. The van der Waals surface area contributed by atoms with E-state index in [0.717, 1.165) is 0 Å². The fourth-order valence-electron chi connectivity index (χ4n) is 2.14. The van der Waals surface area contributed by atoms with E-state index < -0.39 is 11.7 Å². The van der Waals surface area contributed by atoms with Gasteiger partial charge >= 0.3 is 0 Å². The predicted octanol–water partition coefficient (Wildman–Crippen LogP) is 2.31. The van der Waals surface area contributed by atoms with Crippen LogP contribution in [0, 0.1) is 5.82 Å². The van der Waals surface area contributed by atoms with Crippen LogP contribution in [0.15, 0.2) is 48.2 Å². The van der Waals surface area contributed by atoms with E-state index in [-0.39, 0.29) is 23.7 Å². The lowest BCUT2D eigenvalue weighted by atomic mass is 10.1. The fraction of sp³-hybridized carbons (Fsp3) is 0.0588. The maximum Gasteiger partial charge on any atom is 0.255 e. The second kappa shape index (κ2) is 5.92. The van der Waals surface area contributed by atoms with Crippen molar-refractivity contribution < 1.29 is 23.5 Å². The molecule has 0 aliphatic carbocycles. The summed E-state index contributed by atoms with van der Waals surface area (Å²) in [7, 11) is 0. The number of rotatable bonds is 4. The van der Waals surface area contributed by atoms with E-state index in [0.29, 0.717) is 17.1 Å². The van der Waals surface area contributed by atoms with Gasteiger partial charge in [0.15, 0.2) is 12.4 Å². The van der Waals surface area contributed by atoms with Crippen molar-refractivity contribution in [3.8, 4) is 11.5 Å². The standard InChI is InChI=1S/C17H12FNO4/c18-13-4-2-1-3-10(13)7-15-17(21)12-6-5-11(8-14(12)23-15)22-9-16(19)20/h1-8H,9H2,(H2,19,20)/b15-7-. The van der Waals surface area contributed by atoms with Crippen molar-refractivity contribution in [2.24, 2.45) is 5.73 Å². The molecule has 3 rings (SSSR count). The minimum Gasteiger partial charge on any atom is -0.484 e. The number of hydrogen-bond acceptors (Lipinski definition) is 4. The van der Waals surface area contributed by atoms with E-state index in [1.165, 1.54) is 30.3 Å². The average Bonchev–Trinajstić information content (AvgIpc) is 2.83. The van der Waals surface area contributed by atoms with E-state index in [4.69, 9.17) is 15.2 Å². The van der Waals surface area contributed by atoms with Crippen LogP contribution in [0.2, 0.25) is 0 Å². The van der Waals surface area contributed by atoms with Crippen LogP contribution < -0.4 is 15.2 Å². The number of allylic oxidation sites excluding steroid dienone is 1. The number of Topliss-reactive ketones (excluding diaryl/α,β-unsaturated/α-hetero) is 1. The predicted molar refractivity (Wildman–Crippen MR) is 80.5 cm³/mol. The van der Waals surface area contributed by atoms with Gasteiger partial charge in [-0.25, -0.2) is 4.39 Å². The Morgan fingerprint density at radius 3 is 2.78 bits per heavy atom. The van der Waals surface area contributed by atoms with Gasteiger partial charge in [-0.2, -0.15) is 0 Å². The molecule has 2 aromatic rings. The molecule has 23 heavy (non-hydrogen) atoms. The van der Waals surface area contributed by atoms with Gasteiger partial charge in [-0.15, -0.1) is 0 Å². The van der Waals surface area contributed by atoms with E-state index in [2.05, 4.69) is 0 Å². The monoisotopic (exact) mass is 313 g/mol. The molecule has 0 saturated carbocycles. The summed E-state index contributed by atoms with van der Waals surface area (Å²) in [5.74, 6) is -0.732. The first-order valence-electron chi connectivity index (χ1n) is 6.78. The summed E-state index contributed by atoms with van der Waals surface area (Å²) in [6, 6.07) is 10.6. The first-order chi connectivity index (χ1) is 11.0. The zero-order chi connectivity index (χ0) is 16.4. The van der Waals surface area contributed by atoms with Crippen LogP contribution >= 0.6 is 0 Å². The lowest BCUT2D eigenvalue weighted by molar-refractivity contribution is -0.119. The van der Waals surface area contributed by atoms with Crippen molar-refractivity contribution in [2.45, 2.75) is 0 Å². The zero-order valence-corrected chi connectivity index (χ0v) is 11.9. The molecular formula is C17H12FNO4. The van der Waals surface area contributed by atoms with Gasteiger partial charge in [0.1, 0.15) is 17.3 Å². The van der Waals surface area contributed by atoms with Crippen molar-refractivity contribution in [2.75, 3.05) is 6.61 Å². The Labute approximate surface area is 131 Å². The lowest BCUT2D eigenvalue weighted by Gasteiger charge is -2.04. The van der Waals surface area contributed by atoms with Crippen LogP contribution in [0.1, 0.15) is 15.9 Å². The molecule has 0 radical (unpaired) electrons. The maximum atomic E-state index is 13.7. The van der Waals surface area contributed by atoms with Crippen molar-refractivity contribution in [3.05, 3.63) is 65.2 Å². The van der Waals surface area contributed by atoms with E-state index in [1.54, 1.807) is 18.2 Å². The number of ether oxygens (including phenoxy) is 2. The normalized spacial score (nSPS) is 14.5. The summed E-state index contributed by atoms with van der Waals surface area (Å²) in [6.07, 6.45) is 1.35. The molecule has 1 aliphatic rings. The summed E-state index contributed by atoms with van der Waals surface area (Å²) in [6.45, 7) is -0.273. The molecule has 1 amide bonds. The number of ketones is 1. The molecule has 0 unspecified atom stereocenters. The topological polar surface area (TPSA) is 78.6 Å². The molecule has 2 aromatic carbocycles. The zero-order valence-electron chi connectivity index (χ0n) is 11.9. The molecule has 0 atom stereocenters. The smallest absolute Gasteiger partial charge is 0.255 e. The highest BCUT2D eigenvalue weighted by atomic mass is 19.1. The first kappa shape index (κ1) is 14.8. The molecule has 6 heteroatoms. The minimum atomic E-state index is -0.609. The third kappa shape index (κ3) is 3.06. The van der Waals surface area contributed by atoms with E-state index in [9.17, 15) is 14.0 Å². The number of fused-ring (bicyclic) bond motifs is 1. The maximum absolute atomic E-state index is 13.7. The molecule has 5 nitrogen and oxygen atoms in total. The quantitative estimate of drug-likeness (QED) is 0.879. The Morgan fingerprint density at radius 1 is 1.26 bits per heavy atom. The molecule has 0 saturated heterocycles. The van der Waals surface area contributed by atoms with Gasteiger partial charge in [0.2, 0.25) is 5.78 Å². The molecule has 1 heterocycles. The van der Waals surface area contributed by atoms with Crippen molar-refractivity contribution in [3.63, 3.8) is 0 Å². The number of nitrogens with two attached hydrogens (primary N) is 1. The second-order valence-electron chi connectivity index (χ2n) is 4.87. The molecule has 0 aromatic heterocycles. The van der Waals surface area contributed by atoms with Crippen molar-refractivity contribution in [1.29, 1.82) is 0 Å². The van der Waals surface area contributed by atoms with Gasteiger partial charge in [0, 0.05) is 11.6 Å². The Morgan fingerprint density at radius 2 is 2.04 bits per heavy atom. The number of halogens is 1. The average molecular weight is 313 g/mol. The van der Waals surface area contributed by atoms with Gasteiger partial charge in [-0.3, -0.25) is 9.59 Å². The summed E-state index contributed by atoms with van der Waals surface area (Å²) in [5.41, 5.74) is 5.61. The summed E-state index contributed by atoms with van der Waals surface area (Å²) in [5, 5.41) is 0. The van der Waals surface area contributed by atoms with Crippen LogP contribution in [0.4, 0.5) is 4.39 Å². The van der Waals surface area contributed by atoms with Crippen LogP contribution in [-0.4, -0.2) is 18.3 Å². The molecule has 2 N–H and O–H groups in total. The summed E-state index contributed by atoms with van der Waals surface area (Å²) < 4.78 is 24.3. The van der Waals surface area contributed by atoms with Gasteiger partial charge in [0.05, 0.1) is 5.56 Å². The van der Waals surface area contributed by atoms with E-state index in [1.807, 2.05) is 0 Å². The third-order valence-corrected chi connectivity index (χ3v) is 3.21. The summed E-state index contributed by atoms with van der Waals surface area (Å²) >= 11 is 0. The first-order valence-corrected chi connectivity index (χ1v) is 6.78. The Hall–Kier alpha value is -3.15. The highest BCUT2D eigenvalue weighted by molar-refractivity contribution is 6.14. The second-order valence-corrected chi connectivity index (χ2v) is 4.87. The molecular weight excluding hydrogens is 301 g/mol. The molecule has 116 valence electrons. The number of carbonyl (C=O) groups excluding carboxylic acids is 2. The highest BCUT2D eigenvalue weighted by Gasteiger charge is 2.28. The van der Waals surface area contributed by atoms with Gasteiger partial charge in [-0.05, 0) is 24.3 Å². The summed E-state index contributed by atoms with van der Waals surface area (Å²) in [4.78, 5) is 23.0. The highest BCUT2D eigenvalue weighted by Crippen LogP contribution is 2.35. The van der Waals surface area contributed by atoms with Gasteiger partial charge in [-0.1, -0.05) is 18.2 Å². The van der Waals surface area contributed by atoms with Crippen LogP contribution in [0.3, 0.4) is 0 Å². The molecule has 0 fully saturated rings. The van der Waals surface area contributed by atoms with Gasteiger partial charge in [0.25, 0.3) is 5.91 Å². The number of carbonyl (C=O) groups is 2. The minimum absolute atomic E-state index is 0.0251. The van der Waals surface area contributed by atoms with Gasteiger partial charge < -0.3 is 15.2 Å². The van der Waals surface area contributed by atoms with Crippen LogP contribution in [0.25, 0.3) is 6.08 Å². The van der Waals surface area contributed by atoms with E-state index >= 15 is 0 Å². The Kier molecular flexibility index (Phi) is 3.80. The van der Waals surface area contributed by atoms with Crippen LogP contribution in [0.5, 0.6) is 11.5 Å². The van der Waals surface area contributed by atoms with Crippen LogP contribution in [-0.2, 0) is 4.79 Å². The Bertz CT molecular complexity index is 829. The number of amides is 1. The SMILES string of the molecule is NC(=O)COc1ccc2c(c1)O/C(=C\c1ccccc1F)C2=O. The van der Waals surface area contributed by atoms with Crippen molar-refractivity contribution in [1.82, 2.24) is 0 Å². The lowest BCUT2D eigenvalue weighted by Crippen LogP contribution is -2.19. The molecule has 0 bridgehead atoms. The number of primary amides is 1. The Balaban J connectivity index is 1.87. The number of hydrogen-bond donors (Lipinski definition) is 1. The number of benzene rings is 2. The molecule has 0 spiro atoms. The third-order valence-electron chi connectivity index (χ3n) is 3.21. The van der Waals surface area contributed by atoms with Crippen molar-refractivity contribution >= 4 is 17.8 Å². The largest absolute Gasteiger partial charge is 0.484 e.